The maximum Gasteiger partial charge on any atom is 0.131 e. The smallest absolute Gasteiger partial charge is 0.131 e. The van der Waals surface area contributed by atoms with Crippen LogP contribution in [0.25, 0.3) is 0 Å². The van der Waals surface area contributed by atoms with Crippen molar-refractivity contribution in [1.29, 1.82) is 0 Å². The molecular weight excluding hydrogens is 250 g/mol. The van der Waals surface area contributed by atoms with Crippen molar-refractivity contribution in [2.45, 2.75) is 6.54 Å². The molecule has 96 valence electrons. The average Bonchev–Trinajstić information content (AvgIpc) is 2.40. The Hall–Kier alpha value is -1.71. The number of rotatable bonds is 4. The molecular formula is C14H16ClNO2. The normalized spacial score (nSPS) is 9.44. The van der Waals surface area contributed by atoms with E-state index < -0.39 is 0 Å². The molecule has 3 nitrogen and oxygen atoms in total. The molecule has 0 fully saturated rings. The van der Waals surface area contributed by atoms with Crippen LogP contribution in [-0.2, 0) is 6.54 Å². The summed E-state index contributed by atoms with van der Waals surface area (Å²) in [6.45, 7) is 0.465. The lowest BCUT2D eigenvalue weighted by atomic mass is 10.2. The van der Waals surface area contributed by atoms with Gasteiger partial charge in [0.05, 0.1) is 7.11 Å². The molecule has 4 heteroatoms. The third-order valence-corrected chi connectivity index (χ3v) is 2.48. The molecule has 0 heterocycles. The SMILES string of the molecule is COc1ccc(Oc2ccccc2CN)cc1.Cl. The van der Waals surface area contributed by atoms with Crippen LogP contribution < -0.4 is 15.2 Å². The Bertz CT molecular complexity index is 485. The van der Waals surface area contributed by atoms with Gasteiger partial charge < -0.3 is 15.2 Å². The van der Waals surface area contributed by atoms with Gasteiger partial charge in [-0.05, 0) is 30.3 Å². The molecule has 0 radical (unpaired) electrons. The third kappa shape index (κ3) is 3.39. The molecule has 0 aliphatic carbocycles. The van der Waals surface area contributed by atoms with Crippen molar-refractivity contribution in [2.75, 3.05) is 7.11 Å². The lowest BCUT2D eigenvalue weighted by Gasteiger charge is -2.10. The van der Waals surface area contributed by atoms with Crippen LogP contribution >= 0.6 is 12.4 Å². The summed E-state index contributed by atoms with van der Waals surface area (Å²) in [5.74, 6) is 2.37. The highest BCUT2D eigenvalue weighted by atomic mass is 35.5. The highest BCUT2D eigenvalue weighted by molar-refractivity contribution is 5.85. The van der Waals surface area contributed by atoms with Crippen LogP contribution in [-0.4, -0.2) is 7.11 Å². The van der Waals surface area contributed by atoms with E-state index in [4.69, 9.17) is 15.2 Å². The van der Waals surface area contributed by atoms with E-state index in [0.717, 1.165) is 22.8 Å². The Labute approximate surface area is 113 Å². The van der Waals surface area contributed by atoms with Gasteiger partial charge in [0.2, 0.25) is 0 Å². The lowest BCUT2D eigenvalue weighted by Crippen LogP contribution is -1.98. The maximum atomic E-state index is 5.76. The van der Waals surface area contributed by atoms with Gasteiger partial charge in [0.1, 0.15) is 17.2 Å². The summed E-state index contributed by atoms with van der Waals surface area (Å²) < 4.78 is 10.9. The minimum absolute atomic E-state index is 0. The van der Waals surface area contributed by atoms with Gasteiger partial charge in [-0.2, -0.15) is 0 Å². The Morgan fingerprint density at radius 1 is 0.944 bits per heavy atom. The van der Waals surface area contributed by atoms with E-state index in [1.807, 2.05) is 48.5 Å². The Morgan fingerprint density at radius 2 is 1.56 bits per heavy atom. The second kappa shape index (κ2) is 6.89. The molecule has 2 aromatic carbocycles. The molecule has 0 spiro atoms. The molecule has 0 amide bonds. The Kier molecular flexibility index (Phi) is 5.49. The highest BCUT2D eigenvalue weighted by Crippen LogP contribution is 2.26. The summed E-state index contributed by atoms with van der Waals surface area (Å²) in [7, 11) is 1.64. The predicted molar refractivity (Wildman–Crippen MR) is 74.6 cm³/mol. The molecule has 18 heavy (non-hydrogen) atoms. The van der Waals surface area contributed by atoms with E-state index in [9.17, 15) is 0 Å². The van der Waals surface area contributed by atoms with Crippen molar-refractivity contribution in [2.24, 2.45) is 5.73 Å². The fourth-order valence-electron chi connectivity index (χ4n) is 1.54. The Balaban J connectivity index is 0.00000162. The molecule has 2 N–H and O–H groups in total. The van der Waals surface area contributed by atoms with E-state index in [1.165, 1.54) is 0 Å². The zero-order chi connectivity index (χ0) is 12.1. The van der Waals surface area contributed by atoms with Gasteiger partial charge in [-0.1, -0.05) is 18.2 Å². The number of ether oxygens (including phenoxy) is 2. The third-order valence-electron chi connectivity index (χ3n) is 2.48. The van der Waals surface area contributed by atoms with Crippen molar-refractivity contribution in [3.05, 3.63) is 54.1 Å². The van der Waals surface area contributed by atoms with E-state index in [-0.39, 0.29) is 12.4 Å². The van der Waals surface area contributed by atoms with Gasteiger partial charge in [0.15, 0.2) is 0 Å². The van der Waals surface area contributed by atoms with Crippen molar-refractivity contribution >= 4 is 12.4 Å². The number of hydrogen-bond donors (Lipinski definition) is 1. The first-order valence-electron chi connectivity index (χ1n) is 5.43. The average molecular weight is 266 g/mol. The zero-order valence-corrected chi connectivity index (χ0v) is 10.9. The van der Waals surface area contributed by atoms with Crippen molar-refractivity contribution < 1.29 is 9.47 Å². The van der Waals surface area contributed by atoms with Gasteiger partial charge in [-0.3, -0.25) is 0 Å². The van der Waals surface area contributed by atoms with Crippen molar-refractivity contribution in [1.82, 2.24) is 0 Å². The van der Waals surface area contributed by atoms with Crippen LogP contribution in [0.3, 0.4) is 0 Å². The molecule has 0 atom stereocenters. The van der Waals surface area contributed by atoms with Crippen molar-refractivity contribution in [3.63, 3.8) is 0 Å². The largest absolute Gasteiger partial charge is 0.497 e. The van der Waals surface area contributed by atoms with E-state index in [1.54, 1.807) is 7.11 Å². The number of halogens is 1. The molecule has 0 saturated carbocycles. The summed E-state index contributed by atoms with van der Waals surface area (Å²) in [5.41, 5.74) is 6.64. The fraction of sp³-hybridized carbons (Fsp3) is 0.143. The number of para-hydroxylation sites is 1. The summed E-state index contributed by atoms with van der Waals surface area (Å²) in [4.78, 5) is 0. The summed E-state index contributed by atoms with van der Waals surface area (Å²) >= 11 is 0. The van der Waals surface area contributed by atoms with Gasteiger partial charge >= 0.3 is 0 Å². The number of methoxy groups -OCH3 is 1. The van der Waals surface area contributed by atoms with Gasteiger partial charge in [0, 0.05) is 12.1 Å². The lowest BCUT2D eigenvalue weighted by molar-refractivity contribution is 0.412. The first kappa shape index (κ1) is 14.4. The van der Waals surface area contributed by atoms with E-state index >= 15 is 0 Å². The van der Waals surface area contributed by atoms with Gasteiger partial charge in [-0.25, -0.2) is 0 Å². The van der Waals surface area contributed by atoms with Crippen LogP contribution in [0.4, 0.5) is 0 Å². The summed E-state index contributed by atoms with van der Waals surface area (Å²) in [6, 6.07) is 15.2. The molecule has 0 bridgehead atoms. The van der Waals surface area contributed by atoms with Crippen LogP contribution in [0.5, 0.6) is 17.2 Å². The van der Waals surface area contributed by atoms with Gasteiger partial charge in [-0.15, -0.1) is 12.4 Å². The number of hydrogen-bond acceptors (Lipinski definition) is 3. The van der Waals surface area contributed by atoms with Crippen LogP contribution in [0.15, 0.2) is 48.5 Å². The van der Waals surface area contributed by atoms with Gasteiger partial charge in [0.25, 0.3) is 0 Å². The first-order chi connectivity index (χ1) is 8.33. The fourth-order valence-corrected chi connectivity index (χ4v) is 1.54. The minimum atomic E-state index is 0. The van der Waals surface area contributed by atoms with Crippen molar-refractivity contribution in [3.8, 4) is 17.2 Å². The number of benzene rings is 2. The molecule has 0 aromatic heterocycles. The minimum Gasteiger partial charge on any atom is -0.497 e. The second-order valence-corrected chi connectivity index (χ2v) is 3.59. The van der Waals surface area contributed by atoms with Crippen LogP contribution in [0.2, 0.25) is 0 Å². The Morgan fingerprint density at radius 3 is 2.17 bits per heavy atom. The summed E-state index contributed by atoms with van der Waals surface area (Å²) in [6.07, 6.45) is 0. The standard InChI is InChI=1S/C14H15NO2.ClH/c1-16-12-6-8-13(9-7-12)17-14-5-3-2-4-11(14)10-15;/h2-9H,10,15H2,1H3;1H. The topological polar surface area (TPSA) is 44.5 Å². The predicted octanol–water partition coefficient (Wildman–Crippen LogP) is 3.37. The van der Waals surface area contributed by atoms with E-state index in [2.05, 4.69) is 0 Å². The number of nitrogens with two attached hydrogens (primary N) is 1. The quantitative estimate of drug-likeness (QED) is 0.922. The summed E-state index contributed by atoms with van der Waals surface area (Å²) in [5, 5.41) is 0. The zero-order valence-electron chi connectivity index (χ0n) is 10.1. The maximum absolute atomic E-state index is 5.76. The molecule has 2 aromatic rings. The molecule has 0 unspecified atom stereocenters. The second-order valence-electron chi connectivity index (χ2n) is 3.59. The molecule has 0 aliphatic heterocycles. The van der Waals surface area contributed by atoms with Crippen LogP contribution in [0.1, 0.15) is 5.56 Å². The monoisotopic (exact) mass is 265 g/mol. The first-order valence-corrected chi connectivity index (χ1v) is 5.43. The molecule has 0 aliphatic rings. The van der Waals surface area contributed by atoms with Crippen LogP contribution in [0, 0.1) is 0 Å². The highest BCUT2D eigenvalue weighted by Gasteiger charge is 2.02. The molecule has 0 saturated heterocycles. The molecule has 2 rings (SSSR count). The van der Waals surface area contributed by atoms with E-state index in [0.29, 0.717) is 6.54 Å².